The maximum absolute atomic E-state index is 12.9. The van der Waals surface area contributed by atoms with Crippen LogP contribution >= 0.6 is 0 Å². The second-order valence-electron chi connectivity index (χ2n) is 5.50. The highest BCUT2D eigenvalue weighted by atomic mass is 19.1. The molecule has 0 amide bonds. The van der Waals surface area contributed by atoms with Crippen molar-refractivity contribution in [2.45, 2.75) is 33.2 Å². The fourth-order valence-electron chi connectivity index (χ4n) is 1.33. The van der Waals surface area contributed by atoms with Gasteiger partial charge in [-0.25, -0.2) is 4.39 Å². The summed E-state index contributed by atoms with van der Waals surface area (Å²) in [5.41, 5.74) is 0.118. The molecule has 1 aromatic carbocycles. The van der Waals surface area contributed by atoms with Crippen molar-refractivity contribution in [1.82, 2.24) is 5.32 Å². The van der Waals surface area contributed by atoms with Crippen molar-refractivity contribution in [1.29, 1.82) is 0 Å². The normalized spacial score (nSPS) is 13.5. The van der Waals surface area contributed by atoms with Crippen molar-refractivity contribution in [3.8, 4) is 5.75 Å². The van der Waals surface area contributed by atoms with Crippen LogP contribution in [-0.4, -0.2) is 18.7 Å². The summed E-state index contributed by atoms with van der Waals surface area (Å²) >= 11 is 0. The molecule has 0 saturated carbocycles. The molecule has 2 nitrogen and oxygen atoms in total. The van der Waals surface area contributed by atoms with Crippen LogP contribution in [0.4, 0.5) is 4.39 Å². The van der Waals surface area contributed by atoms with E-state index in [1.165, 1.54) is 12.1 Å². The second kappa shape index (κ2) is 6.01. The monoisotopic (exact) mass is 239 g/mol. The van der Waals surface area contributed by atoms with Crippen molar-refractivity contribution in [3.63, 3.8) is 0 Å². The minimum absolute atomic E-state index is 0.118. The molecular formula is C14H22FNO. The Morgan fingerprint density at radius 1 is 1.35 bits per heavy atom. The Kier molecular flexibility index (Phi) is 4.94. The Hall–Kier alpha value is -1.09. The fraction of sp³-hybridized carbons (Fsp3) is 0.571. The van der Waals surface area contributed by atoms with Crippen molar-refractivity contribution < 1.29 is 9.13 Å². The first-order chi connectivity index (χ1) is 7.87. The van der Waals surface area contributed by atoms with Crippen LogP contribution in [0.1, 0.15) is 27.7 Å². The minimum Gasteiger partial charge on any atom is -0.493 e. The Morgan fingerprint density at radius 3 is 2.65 bits per heavy atom. The van der Waals surface area contributed by atoms with Crippen LogP contribution in [0, 0.1) is 11.7 Å². The Labute approximate surface area is 103 Å². The highest BCUT2D eigenvalue weighted by molar-refractivity contribution is 5.22. The zero-order valence-electron chi connectivity index (χ0n) is 11.1. The van der Waals surface area contributed by atoms with Gasteiger partial charge < -0.3 is 10.1 Å². The lowest BCUT2D eigenvalue weighted by Crippen LogP contribution is -2.39. The summed E-state index contributed by atoms with van der Waals surface area (Å²) in [5.74, 6) is 0.716. The van der Waals surface area contributed by atoms with E-state index in [2.05, 4.69) is 33.0 Å². The first-order valence-electron chi connectivity index (χ1n) is 6.00. The van der Waals surface area contributed by atoms with Gasteiger partial charge in [0.15, 0.2) is 0 Å². The molecule has 1 atom stereocenters. The smallest absolute Gasteiger partial charge is 0.126 e. The summed E-state index contributed by atoms with van der Waals surface area (Å²) in [6.45, 7) is 9.98. The molecule has 1 aromatic rings. The zero-order chi connectivity index (χ0) is 12.9. The van der Waals surface area contributed by atoms with Gasteiger partial charge in [-0.2, -0.15) is 0 Å². The molecule has 1 N–H and O–H groups in total. The highest BCUT2D eigenvalue weighted by Gasteiger charge is 2.11. The summed E-state index contributed by atoms with van der Waals surface area (Å²) in [5, 5.41) is 3.42. The number of hydrogen-bond donors (Lipinski definition) is 1. The Morgan fingerprint density at radius 2 is 2.06 bits per heavy atom. The average molecular weight is 239 g/mol. The van der Waals surface area contributed by atoms with Gasteiger partial charge >= 0.3 is 0 Å². The van der Waals surface area contributed by atoms with Crippen LogP contribution in [0.5, 0.6) is 5.75 Å². The van der Waals surface area contributed by atoms with E-state index >= 15 is 0 Å². The molecule has 0 spiro atoms. The van der Waals surface area contributed by atoms with E-state index in [4.69, 9.17) is 4.74 Å². The van der Waals surface area contributed by atoms with E-state index in [1.807, 2.05) is 0 Å². The maximum atomic E-state index is 12.9. The van der Waals surface area contributed by atoms with E-state index in [-0.39, 0.29) is 11.4 Å². The van der Waals surface area contributed by atoms with Crippen LogP contribution < -0.4 is 10.1 Å². The first kappa shape index (κ1) is 14.0. The topological polar surface area (TPSA) is 21.3 Å². The molecule has 0 aliphatic rings. The van der Waals surface area contributed by atoms with Gasteiger partial charge in [0.25, 0.3) is 0 Å². The lowest BCUT2D eigenvalue weighted by molar-refractivity contribution is 0.243. The van der Waals surface area contributed by atoms with Gasteiger partial charge in [-0.3, -0.25) is 0 Å². The van der Waals surface area contributed by atoms with E-state index in [0.29, 0.717) is 18.3 Å². The number of ether oxygens (including phenoxy) is 1. The molecular weight excluding hydrogens is 217 g/mol. The minimum atomic E-state index is -0.261. The number of benzene rings is 1. The number of rotatable bonds is 5. The highest BCUT2D eigenvalue weighted by Crippen LogP contribution is 2.13. The van der Waals surface area contributed by atoms with Crippen molar-refractivity contribution >= 4 is 0 Å². The molecule has 0 heterocycles. The maximum Gasteiger partial charge on any atom is 0.126 e. The third-order valence-corrected chi connectivity index (χ3v) is 2.31. The van der Waals surface area contributed by atoms with Crippen molar-refractivity contribution in [2.75, 3.05) is 13.2 Å². The quantitative estimate of drug-likeness (QED) is 0.851. The molecule has 3 heteroatoms. The molecule has 0 bridgehead atoms. The molecule has 0 aliphatic heterocycles. The fourth-order valence-corrected chi connectivity index (χ4v) is 1.33. The third kappa shape index (κ3) is 6.27. The molecule has 0 aliphatic carbocycles. The summed E-state index contributed by atoms with van der Waals surface area (Å²) in [4.78, 5) is 0. The largest absolute Gasteiger partial charge is 0.493 e. The SMILES string of the molecule is CC(CNC(C)(C)C)COc1cccc(F)c1. The van der Waals surface area contributed by atoms with Gasteiger partial charge in [0.05, 0.1) is 6.61 Å². The number of nitrogens with one attached hydrogen (secondary N) is 1. The molecule has 1 unspecified atom stereocenters. The van der Waals surface area contributed by atoms with Crippen LogP contribution in [0.2, 0.25) is 0 Å². The van der Waals surface area contributed by atoms with Crippen LogP contribution in [-0.2, 0) is 0 Å². The number of halogens is 1. The van der Waals surface area contributed by atoms with E-state index < -0.39 is 0 Å². The van der Waals surface area contributed by atoms with Gasteiger partial charge in [0, 0.05) is 24.1 Å². The van der Waals surface area contributed by atoms with E-state index in [1.54, 1.807) is 12.1 Å². The second-order valence-corrected chi connectivity index (χ2v) is 5.50. The van der Waals surface area contributed by atoms with Crippen LogP contribution in [0.25, 0.3) is 0 Å². The van der Waals surface area contributed by atoms with Crippen LogP contribution in [0.3, 0.4) is 0 Å². The summed E-state index contributed by atoms with van der Waals surface area (Å²) < 4.78 is 18.4. The molecule has 17 heavy (non-hydrogen) atoms. The zero-order valence-corrected chi connectivity index (χ0v) is 11.1. The lowest BCUT2D eigenvalue weighted by Gasteiger charge is -2.23. The summed E-state index contributed by atoms with van der Waals surface area (Å²) in [6.07, 6.45) is 0. The summed E-state index contributed by atoms with van der Waals surface area (Å²) in [7, 11) is 0. The van der Waals surface area contributed by atoms with Crippen molar-refractivity contribution in [2.24, 2.45) is 5.92 Å². The molecule has 0 radical (unpaired) electrons. The van der Waals surface area contributed by atoms with E-state index in [0.717, 1.165) is 6.54 Å². The average Bonchev–Trinajstić information content (AvgIpc) is 2.23. The van der Waals surface area contributed by atoms with Crippen molar-refractivity contribution in [3.05, 3.63) is 30.1 Å². The van der Waals surface area contributed by atoms with Gasteiger partial charge in [0.2, 0.25) is 0 Å². The standard InChI is InChI=1S/C14H22FNO/c1-11(9-16-14(2,3)4)10-17-13-7-5-6-12(15)8-13/h5-8,11,16H,9-10H2,1-4H3. The van der Waals surface area contributed by atoms with Gasteiger partial charge in [-0.1, -0.05) is 13.0 Å². The predicted molar refractivity (Wildman–Crippen MR) is 68.8 cm³/mol. The van der Waals surface area contributed by atoms with Gasteiger partial charge in [0.1, 0.15) is 11.6 Å². The first-order valence-corrected chi connectivity index (χ1v) is 6.00. The molecule has 1 rings (SSSR count). The Balaban J connectivity index is 2.31. The predicted octanol–water partition coefficient (Wildman–Crippen LogP) is 3.23. The third-order valence-electron chi connectivity index (χ3n) is 2.31. The summed E-state index contributed by atoms with van der Waals surface area (Å²) in [6, 6.07) is 6.25. The lowest BCUT2D eigenvalue weighted by atomic mass is 10.1. The van der Waals surface area contributed by atoms with Crippen LogP contribution in [0.15, 0.2) is 24.3 Å². The Bertz CT molecular complexity index is 346. The number of hydrogen-bond acceptors (Lipinski definition) is 2. The van der Waals surface area contributed by atoms with E-state index in [9.17, 15) is 4.39 Å². The molecule has 96 valence electrons. The molecule has 0 saturated heterocycles. The van der Waals surface area contributed by atoms with Gasteiger partial charge in [-0.05, 0) is 32.9 Å². The van der Waals surface area contributed by atoms with Gasteiger partial charge in [-0.15, -0.1) is 0 Å². The molecule has 0 fully saturated rings. The molecule has 0 aromatic heterocycles.